The maximum atomic E-state index is 11.8. The van der Waals surface area contributed by atoms with Crippen LogP contribution in [-0.2, 0) is 4.79 Å². The van der Waals surface area contributed by atoms with E-state index >= 15 is 0 Å². The van der Waals surface area contributed by atoms with Gasteiger partial charge in [0.1, 0.15) is 5.82 Å². The third-order valence-electron chi connectivity index (χ3n) is 3.26. The van der Waals surface area contributed by atoms with Gasteiger partial charge in [0.2, 0.25) is 5.91 Å². The number of imidazole rings is 1. The quantitative estimate of drug-likeness (QED) is 0.712. The van der Waals surface area contributed by atoms with E-state index in [4.69, 9.17) is 0 Å². The van der Waals surface area contributed by atoms with E-state index in [1.165, 1.54) is 11.8 Å². The minimum Gasteiger partial charge on any atom is -0.351 e. The molecular formula is C18H20N4OS. The van der Waals surface area contributed by atoms with Gasteiger partial charge in [-0.1, -0.05) is 23.9 Å². The number of pyridine rings is 1. The molecule has 0 radical (unpaired) electrons. The van der Waals surface area contributed by atoms with Gasteiger partial charge in [0, 0.05) is 17.3 Å². The number of nitrogens with one attached hydrogen (secondary N) is 2. The number of aromatic nitrogens is 3. The van der Waals surface area contributed by atoms with Crippen LogP contribution in [0.5, 0.6) is 0 Å². The molecule has 1 amide bonds. The number of para-hydroxylation sites is 2. The van der Waals surface area contributed by atoms with E-state index in [1.807, 2.05) is 57.2 Å². The van der Waals surface area contributed by atoms with E-state index < -0.39 is 0 Å². The first-order chi connectivity index (χ1) is 11.4. The summed E-state index contributed by atoms with van der Waals surface area (Å²) >= 11 is 1.42. The summed E-state index contributed by atoms with van der Waals surface area (Å²) < 4.78 is 0. The van der Waals surface area contributed by atoms with E-state index in [0.717, 1.165) is 27.4 Å². The fraction of sp³-hybridized carbons (Fsp3) is 0.278. The van der Waals surface area contributed by atoms with Crippen molar-refractivity contribution in [2.45, 2.75) is 31.3 Å². The second kappa shape index (κ2) is 6.65. The number of hydrogen-bond donors (Lipinski definition) is 2. The van der Waals surface area contributed by atoms with E-state index in [1.54, 1.807) is 6.20 Å². The number of amides is 1. The Morgan fingerprint density at radius 3 is 2.67 bits per heavy atom. The summed E-state index contributed by atoms with van der Waals surface area (Å²) in [4.78, 5) is 24.1. The lowest BCUT2D eigenvalue weighted by Gasteiger charge is -2.20. The average molecular weight is 340 g/mol. The van der Waals surface area contributed by atoms with E-state index in [2.05, 4.69) is 20.3 Å². The number of benzene rings is 1. The standard InChI is InChI=1S/C18H20N4OS/c1-18(2,3)22-15(23)11-24-16-9-8-12(10-19-16)17-20-13-6-4-5-7-14(13)21-17/h4-10H,11H2,1-3H3,(H,20,21)(H,22,23). The Morgan fingerprint density at radius 1 is 1.21 bits per heavy atom. The molecule has 2 N–H and O–H groups in total. The van der Waals surface area contributed by atoms with Gasteiger partial charge in [0.15, 0.2) is 0 Å². The molecule has 0 saturated carbocycles. The molecule has 0 atom stereocenters. The van der Waals surface area contributed by atoms with Gasteiger partial charge >= 0.3 is 0 Å². The predicted molar refractivity (Wildman–Crippen MR) is 97.9 cm³/mol. The zero-order valence-electron chi connectivity index (χ0n) is 14.0. The molecule has 0 aliphatic carbocycles. The average Bonchev–Trinajstić information content (AvgIpc) is 2.96. The normalized spacial score (nSPS) is 11.6. The molecule has 3 aromatic rings. The number of carbonyl (C=O) groups excluding carboxylic acids is 1. The van der Waals surface area contributed by atoms with Crippen LogP contribution < -0.4 is 5.32 Å². The SMILES string of the molecule is CC(C)(C)NC(=O)CSc1ccc(-c2nc3ccccc3[nH]2)cn1. The fourth-order valence-corrected chi connectivity index (χ4v) is 2.93. The first-order valence-corrected chi connectivity index (χ1v) is 8.74. The lowest BCUT2D eigenvalue weighted by molar-refractivity contribution is -0.119. The summed E-state index contributed by atoms with van der Waals surface area (Å²) in [6.07, 6.45) is 1.78. The van der Waals surface area contributed by atoms with Crippen LogP contribution >= 0.6 is 11.8 Å². The van der Waals surface area contributed by atoms with Crippen LogP contribution in [0.1, 0.15) is 20.8 Å². The molecule has 0 unspecified atom stereocenters. The number of fused-ring (bicyclic) bond motifs is 1. The van der Waals surface area contributed by atoms with Crippen molar-refractivity contribution < 1.29 is 4.79 Å². The largest absolute Gasteiger partial charge is 0.351 e. The molecule has 0 fully saturated rings. The monoisotopic (exact) mass is 340 g/mol. The molecule has 0 spiro atoms. The summed E-state index contributed by atoms with van der Waals surface area (Å²) in [6.45, 7) is 5.90. The first kappa shape index (κ1) is 16.5. The predicted octanol–water partition coefficient (Wildman–Crippen LogP) is 3.63. The van der Waals surface area contributed by atoms with Gasteiger partial charge < -0.3 is 10.3 Å². The van der Waals surface area contributed by atoms with E-state index in [0.29, 0.717) is 5.75 Å². The molecule has 0 bridgehead atoms. The Bertz CT molecular complexity index is 816. The molecule has 1 aromatic carbocycles. The van der Waals surface area contributed by atoms with Crippen LogP contribution in [0.15, 0.2) is 47.6 Å². The Morgan fingerprint density at radius 2 is 2.00 bits per heavy atom. The third kappa shape index (κ3) is 4.14. The van der Waals surface area contributed by atoms with Crippen molar-refractivity contribution in [3.8, 4) is 11.4 Å². The summed E-state index contributed by atoms with van der Waals surface area (Å²) in [6, 6.07) is 11.8. The van der Waals surface area contributed by atoms with E-state index in [-0.39, 0.29) is 11.4 Å². The fourth-order valence-electron chi connectivity index (χ4n) is 2.29. The first-order valence-electron chi connectivity index (χ1n) is 7.76. The highest BCUT2D eigenvalue weighted by molar-refractivity contribution is 7.99. The summed E-state index contributed by atoms with van der Waals surface area (Å²) in [5.74, 6) is 1.16. The van der Waals surface area contributed by atoms with Crippen LogP contribution in [0.3, 0.4) is 0 Å². The molecule has 3 rings (SSSR count). The summed E-state index contributed by atoms with van der Waals surface area (Å²) in [7, 11) is 0. The number of aromatic amines is 1. The second-order valence-corrected chi connectivity index (χ2v) is 7.57. The molecule has 2 heterocycles. The Kier molecular flexibility index (Phi) is 4.57. The van der Waals surface area contributed by atoms with Crippen LogP contribution in [0.4, 0.5) is 0 Å². The number of rotatable bonds is 4. The minimum absolute atomic E-state index is 0.00987. The minimum atomic E-state index is -0.212. The van der Waals surface area contributed by atoms with Crippen molar-refractivity contribution in [3.63, 3.8) is 0 Å². The Hall–Kier alpha value is -2.34. The topological polar surface area (TPSA) is 70.7 Å². The lowest BCUT2D eigenvalue weighted by atomic mass is 10.1. The van der Waals surface area contributed by atoms with Crippen LogP contribution in [0, 0.1) is 0 Å². The highest BCUT2D eigenvalue weighted by Crippen LogP contribution is 2.22. The Balaban J connectivity index is 1.66. The number of hydrogen-bond acceptors (Lipinski definition) is 4. The molecule has 6 heteroatoms. The maximum absolute atomic E-state index is 11.8. The maximum Gasteiger partial charge on any atom is 0.230 e. The van der Waals surface area contributed by atoms with Crippen molar-refractivity contribution in [2.24, 2.45) is 0 Å². The number of carbonyl (C=O) groups is 1. The lowest BCUT2D eigenvalue weighted by Crippen LogP contribution is -2.41. The van der Waals surface area contributed by atoms with Crippen molar-refractivity contribution in [3.05, 3.63) is 42.6 Å². The van der Waals surface area contributed by atoms with Gasteiger partial charge in [-0.3, -0.25) is 4.79 Å². The van der Waals surface area contributed by atoms with Crippen molar-refractivity contribution >= 4 is 28.7 Å². The molecule has 2 aromatic heterocycles. The summed E-state index contributed by atoms with van der Waals surface area (Å²) in [5.41, 5.74) is 2.65. The van der Waals surface area contributed by atoms with Gasteiger partial charge in [-0.05, 0) is 45.0 Å². The second-order valence-electron chi connectivity index (χ2n) is 6.57. The number of nitrogens with zero attached hydrogens (tertiary/aromatic N) is 2. The van der Waals surface area contributed by atoms with Gasteiger partial charge in [-0.2, -0.15) is 0 Å². The van der Waals surface area contributed by atoms with Gasteiger partial charge in [0.25, 0.3) is 0 Å². The molecule has 0 aliphatic heterocycles. The smallest absolute Gasteiger partial charge is 0.230 e. The number of H-pyrrole nitrogens is 1. The third-order valence-corrected chi connectivity index (χ3v) is 4.21. The van der Waals surface area contributed by atoms with Crippen molar-refractivity contribution in [1.29, 1.82) is 0 Å². The van der Waals surface area contributed by atoms with Gasteiger partial charge in [-0.15, -0.1) is 0 Å². The Labute approximate surface area is 145 Å². The zero-order valence-corrected chi connectivity index (χ0v) is 14.8. The van der Waals surface area contributed by atoms with E-state index in [9.17, 15) is 4.79 Å². The van der Waals surface area contributed by atoms with Gasteiger partial charge in [0.05, 0.1) is 21.8 Å². The number of thioether (sulfide) groups is 1. The van der Waals surface area contributed by atoms with Crippen LogP contribution in [0.25, 0.3) is 22.4 Å². The molecule has 0 saturated heterocycles. The summed E-state index contributed by atoms with van der Waals surface area (Å²) in [5, 5.41) is 3.76. The molecule has 0 aliphatic rings. The zero-order chi connectivity index (χ0) is 17.2. The molecule has 24 heavy (non-hydrogen) atoms. The van der Waals surface area contributed by atoms with Gasteiger partial charge in [-0.25, -0.2) is 9.97 Å². The highest BCUT2D eigenvalue weighted by Gasteiger charge is 2.14. The molecule has 124 valence electrons. The highest BCUT2D eigenvalue weighted by atomic mass is 32.2. The molecule has 5 nitrogen and oxygen atoms in total. The van der Waals surface area contributed by atoms with Crippen LogP contribution in [-0.4, -0.2) is 32.2 Å². The van der Waals surface area contributed by atoms with Crippen molar-refractivity contribution in [2.75, 3.05) is 5.75 Å². The van der Waals surface area contributed by atoms with Crippen molar-refractivity contribution in [1.82, 2.24) is 20.3 Å². The van der Waals surface area contributed by atoms with Crippen LogP contribution in [0.2, 0.25) is 0 Å². The molecular weight excluding hydrogens is 320 g/mol.